The molecule has 0 radical (unpaired) electrons. The summed E-state index contributed by atoms with van der Waals surface area (Å²) in [7, 11) is 0. The number of guanidine groups is 1. The van der Waals surface area contributed by atoms with Crippen LogP contribution in [0, 0.1) is 16.7 Å². The van der Waals surface area contributed by atoms with Gasteiger partial charge in [0.15, 0.2) is 5.96 Å². The average Bonchev–Trinajstić information content (AvgIpc) is 3.17. The van der Waals surface area contributed by atoms with E-state index in [1.807, 2.05) is 0 Å². The number of ether oxygens (including phenoxy) is 2. The number of hydrogen-bond donors (Lipinski definition) is 1. The summed E-state index contributed by atoms with van der Waals surface area (Å²) in [6, 6.07) is 0.588. The molecule has 5 rings (SSSR count). The van der Waals surface area contributed by atoms with Crippen LogP contribution in [0.1, 0.15) is 51.9 Å². The number of hydrogen-bond acceptors (Lipinski definition) is 3. The molecule has 0 aromatic carbocycles. The normalized spacial score (nSPS) is 38.5. The van der Waals surface area contributed by atoms with Gasteiger partial charge in [-0.2, -0.15) is 0 Å². The van der Waals surface area contributed by atoms with Gasteiger partial charge in [0.2, 0.25) is 0 Å². The topological polar surface area (TPSA) is 46.1 Å². The highest BCUT2D eigenvalue weighted by Gasteiger charge is 2.67. The van der Waals surface area contributed by atoms with E-state index in [0.717, 1.165) is 39.5 Å². The van der Waals surface area contributed by atoms with Crippen molar-refractivity contribution in [3.8, 4) is 0 Å². The molecule has 25 heavy (non-hydrogen) atoms. The molecule has 140 valence electrons. The third kappa shape index (κ3) is 2.45. The molecule has 3 unspecified atom stereocenters. The lowest BCUT2D eigenvalue weighted by atomic mass is 9.46. The van der Waals surface area contributed by atoms with E-state index in [2.05, 4.69) is 17.1 Å². The molecular formula is C20H33N3O2. The summed E-state index contributed by atoms with van der Waals surface area (Å²) >= 11 is 0. The van der Waals surface area contributed by atoms with Gasteiger partial charge in [0, 0.05) is 56.8 Å². The highest BCUT2D eigenvalue weighted by atomic mass is 16.5. The number of likely N-dealkylation sites (tertiary alicyclic amines) is 1. The first kappa shape index (κ1) is 16.4. The van der Waals surface area contributed by atoms with Gasteiger partial charge in [0.05, 0.1) is 6.10 Å². The molecule has 0 aromatic heterocycles. The van der Waals surface area contributed by atoms with E-state index in [4.69, 9.17) is 14.5 Å². The maximum atomic E-state index is 6.09. The Morgan fingerprint density at radius 3 is 2.72 bits per heavy atom. The van der Waals surface area contributed by atoms with Crippen LogP contribution in [-0.2, 0) is 9.47 Å². The molecule has 5 fully saturated rings. The molecule has 3 atom stereocenters. The van der Waals surface area contributed by atoms with Crippen molar-refractivity contribution >= 4 is 5.96 Å². The molecule has 3 aliphatic heterocycles. The maximum absolute atomic E-state index is 6.09. The van der Waals surface area contributed by atoms with Crippen molar-refractivity contribution in [3.05, 3.63) is 0 Å². The van der Waals surface area contributed by atoms with E-state index < -0.39 is 0 Å². The van der Waals surface area contributed by atoms with Crippen LogP contribution in [0.2, 0.25) is 0 Å². The van der Waals surface area contributed by atoms with Crippen LogP contribution < -0.4 is 5.32 Å². The van der Waals surface area contributed by atoms with E-state index in [1.165, 1.54) is 50.9 Å². The molecule has 2 spiro atoms. The fraction of sp³-hybridized carbons (Fsp3) is 0.950. The Morgan fingerprint density at radius 1 is 1.16 bits per heavy atom. The van der Waals surface area contributed by atoms with Gasteiger partial charge in [-0.3, -0.25) is 4.99 Å². The molecule has 5 nitrogen and oxygen atoms in total. The summed E-state index contributed by atoms with van der Waals surface area (Å²) in [6.45, 7) is 8.16. The smallest absolute Gasteiger partial charge is 0.194 e. The van der Waals surface area contributed by atoms with Crippen LogP contribution in [0.15, 0.2) is 4.99 Å². The van der Waals surface area contributed by atoms with Gasteiger partial charge in [-0.05, 0) is 50.9 Å². The molecule has 5 aliphatic rings. The van der Waals surface area contributed by atoms with Crippen LogP contribution in [0.25, 0.3) is 0 Å². The number of aliphatic imine (C=N–C) groups is 1. The lowest BCUT2D eigenvalue weighted by Gasteiger charge is -2.63. The van der Waals surface area contributed by atoms with Crippen LogP contribution in [0.4, 0.5) is 0 Å². The van der Waals surface area contributed by atoms with Gasteiger partial charge in [-0.15, -0.1) is 0 Å². The standard InChI is InChI=1S/C20H33N3O2/c1-2-21-18(23-10-7-19(14-23)8-12-24-13-9-19)22-16-15-4-11-25-17(15)20(16)5-3-6-20/h15-17H,2-14H2,1H3,(H,21,22). The fourth-order valence-corrected chi connectivity index (χ4v) is 6.31. The molecule has 1 N–H and O–H groups in total. The van der Waals surface area contributed by atoms with E-state index in [-0.39, 0.29) is 0 Å². The van der Waals surface area contributed by atoms with Crippen molar-refractivity contribution in [2.24, 2.45) is 21.7 Å². The molecule has 0 aromatic rings. The highest BCUT2D eigenvalue weighted by molar-refractivity contribution is 5.81. The van der Waals surface area contributed by atoms with Crippen molar-refractivity contribution in [1.82, 2.24) is 10.2 Å². The molecular weight excluding hydrogens is 314 g/mol. The third-order valence-corrected chi connectivity index (χ3v) is 7.92. The van der Waals surface area contributed by atoms with Crippen LogP contribution in [-0.4, -0.2) is 62.5 Å². The minimum Gasteiger partial charge on any atom is -0.381 e. The molecule has 0 amide bonds. The summed E-state index contributed by atoms with van der Waals surface area (Å²) in [5.41, 5.74) is 0.896. The zero-order valence-corrected chi connectivity index (χ0v) is 15.6. The molecule has 3 saturated heterocycles. The second-order valence-electron chi connectivity index (χ2n) is 9.03. The van der Waals surface area contributed by atoms with Gasteiger partial charge >= 0.3 is 0 Å². The Morgan fingerprint density at radius 2 is 2.00 bits per heavy atom. The largest absolute Gasteiger partial charge is 0.381 e. The summed E-state index contributed by atoms with van der Waals surface area (Å²) in [4.78, 5) is 7.45. The van der Waals surface area contributed by atoms with Gasteiger partial charge in [0.25, 0.3) is 0 Å². The first-order valence-electron chi connectivity index (χ1n) is 10.5. The maximum Gasteiger partial charge on any atom is 0.194 e. The lowest BCUT2D eigenvalue weighted by molar-refractivity contribution is -0.171. The third-order valence-electron chi connectivity index (χ3n) is 7.92. The summed E-state index contributed by atoms with van der Waals surface area (Å²) in [5.74, 6) is 1.88. The van der Waals surface area contributed by atoms with E-state index in [0.29, 0.717) is 28.9 Å². The number of fused-ring (bicyclic) bond motifs is 2. The second kappa shape index (κ2) is 6.12. The average molecular weight is 348 g/mol. The Bertz CT molecular complexity index is 539. The quantitative estimate of drug-likeness (QED) is 0.615. The van der Waals surface area contributed by atoms with Crippen LogP contribution in [0.5, 0.6) is 0 Å². The molecule has 3 heterocycles. The second-order valence-corrected chi connectivity index (χ2v) is 9.03. The van der Waals surface area contributed by atoms with Crippen LogP contribution in [0.3, 0.4) is 0 Å². The van der Waals surface area contributed by atoms with Crippen molar-refractivity contribution < 1.29 is 9.47 Å². The Hall–Kier alpha value is -0.810. The predicted molar refractivity (Wildman–Crippen MR) is 97.7 cm³/mol. The van der Waals surface area contributed by atoms with E-state index in [1.54, 1.807) is 0 Å². The first-order valence-corrected chi connectivity index (χ1v) is 10.5. The Kier molecular flexibility index (Phi) is 4.01. The lowest BCUT2D eigenvalue weighted by Crippen LogP contribution is -2.72. The van der Waals surface area contributed by atoms with Crippen LogP contribution >= 0.6 is 0 Å². The van der Waals surface area contributed by atoms with Crippen molar-refractivity contribution in [2.75, 3.05) is 39.5 Å². The van der Waals surface area contributed by atoms with Gasteiger partial charge in [0.1, 0.15) is 0 Å². The summed E-state index contributed by atoms with van der Waals surface area (Å²) in [5, 5.41) is 3.95. The van der Waals surface area contributed by atoms with Crippen molar-refractivity contribution in [1.29, 1.82) is 0 Å². The zero-order valence-electron chi connectivity index (χ0n) is 15.6. The minimum absolute atomic E-state index is 0.422. The van der Waals surface area contributed by atoms with Gasteiger partial charge in [-0.1, -0.05) is 6.42 Å². The number of nitrogens with zero attached hydrogens (tertiary/aromatic N) is 2. The Labute approximate surface area is 151 Å². The highest BCUT2D eigenvalue weighted by Crippen LogP contribution is 2.62. The van der Waals surface area contributed by atoms with Crippen molar-refractivity contribution in [2.45, 2.75) is 64.0 Å². The molecule has 2 aliphatic carbocycles. The first-order chi connectivity index (χ1) is 12.3. The van der Waals surface area contributed by atoms with E-state index >= 15 is 0 Å². The summed E-state index contributed by atoms with van der Waals surface area (Å²) < 4.78 is 11.7. The molecule has 0 bridgehead atoms. The monoisotopic (exact) mass is 347 g/mol. The molecule has 2 saturated carbocycles. The number of rotatable bonds is 2. The molecule has 5 heteroatoms. The van der Waals surface area contributed by atoms with Gasteiger partial charge in [-0.25, -0.2) is 0 Å². The van der Waals surface area contributed by atoms with E-state index in [9.17, 15) is 0 Å². The predicted octanol–water partition coefficient (Wildman–Crippen LogP) is 2.41. The SMILES string of the molecule is CCN=C(NC1C2CCOC2C12CCC2)N1CCC2(CCOCC2)C1. The minimum atomic E-state index is 0.422. The van der Waals surface area contributed by atoms with Crippen molar-refractivity contribution in [3.63, 3.8) is 0 Å². The fourth-order valence-electron chi connectivity index (χ4n) is 6.31. The number of nitrogens with one attached hydrogen (secondary N) is 1. The summed E-state index contributed by atoms with van der Waals surface area (Å²) in [6.07, 6.45) is 9.54. The van der Waals surface area contributed by atoms with Gasteiger partial charge < -0.3 is 19.7 Å². The zero-order chi connectivity index (χ0) is 16.9. The Balaban J connectivity index is 1.30.